The molecule has 1 heterocycles. The van der Waals surface area contributed by atoms with Crippen LogP contribution in [0, 0.1) is 0 Å². The van der Waals surface area contributed by atoms with Crippen LogP contribution in [0.4, 0.5) is 5.69 Å². The Kier molecular flexibility index (Phi) is 2.74. The maximum absolute atomic E-state index is 9.27. The van der Waals surface area contributed by atoms with Gasteiger partial charge in [0.2, 0.25) is 0 Å². The highest BCUT2D eigenvalue weighted by Crippen LogP contribution is 2.34. The molecule has 1 aliphatic rings. The second-order valence-corrected chi connectivity index (χ2v) is 4.72. The summed E-state index contributed by atoms with van der Waals surface area (Å²) in [6, 6.07) is 1.97. The van der Waals surface area contributed by atoms with Crippen LogP contribution in [0.25, 0.3) is 0 Å². The normalized spacial score (nSPS) is 18.7. The van der Waals surface area contributed by atoms with E-state index in [1.807, 2.05) is 6.07 Å². The van der Waals surface area contributed by atoms with Crippen LogP contribution in [0.5, 0.6) is 0 Å². The maximum Gasteiger partial charge on any atom is 0.0661 e. The first-order valence-electron chi connectivity index (χ1n) is 4.74. The van der Waals surface area contributed by atoms with Gasteiger partial charge in [0.05, 0.1) is 24.0 Å². The minimum atomic E-state index is -0.0948. The Morgan fingerprint density at radius 2 is 2.29 bits per heavy atom. The van der Waals surface area contributed by atoms with Gasteiger partial charge in [0, 0.05) is 10.7 Å². The molecule has 0 unspecified atom stereocenters. The van der Waals surface area contributed by atoms with Gasteiger partial charge in [-0.05, 0) is 41.3 Å². The summed E-state index contributed by atoms with van der Waals surface area (Å²) in [6.45, 7) is 0.194. The summed E-state index contributed by atoms with van der Waals surface area (Å²) in [7, 11) is 0. The van der Waals surface area contributed by atoms with Gasteiger partial charge in [-0.1, -0.05) is 0 Å². The van der Waals surface area contributed by atoms with Crippen LogP contribution in [0.1, 0.15) is 19.3 Å². The number of halogens is 1. The molecule has 2 rings (SSSR count). The van der Waals surface area contributed by atoms with Crippen molar-refractivity contribution in [3.63, 3.8) is 0 Å². The Balaban J connectivity index is 2.09. The number of hydrogen-bond donors (Lipinski definition) is 2. The zero-order valence-corrected chi connectivity index (χ0v) is 9.42. The molecule has 1 fully saturated rings. The van der Waals surface area contributed by atoms with Gasteiger partial charge in [-0.3, -0.25) is 4.98 Å². The zero-order valence-electron chi connectivity index (χ0n) is 7.83. The van der Waals surface area contributed by atoms with E-state index >= 15 is 0 Å². The zero-order chi connectivity index (χ0) is 10.0. The van der Waals surface area contributed by atoms with E-state index in [-0.39, 0.29) is 12.1 Å². The first-order valence-corrected chi connectivity index (χ1v) is 5.53. The SMILES string of the molecule is OCC1(Nc2cncc(Br)c2)CCC1. The number of aromatic nitrogens is 1. The number of anilines is 1. The van der Waals surface area contributed by atoms with Crippen molar-refractivity contribution in [1.82, 2.24) is 4.98 Å². The molecule has 3 nitrogen and oxygen atoms in total. The predicted octanol–water partition coefficient (Wildman–Crippen LogP) is 2.17. The molecule has 1 aromatic rings. The van der Waals surface area contributed by atoms with Gasteiger partial charge in [0.1, 0.15) is 0 Å². The smallest absolute Gasteiger partial charge is 0.0661 e. The lowest BCUT2D eigenvalue weighted by atomic mass is 9.77. The third-order valence-corrected chi connectivity index (χ3v) is 3.16. The number of pyridine rings is 1. The number of aliphatic hydroxyl groups excluding tert-OH is 1. The quantitative estimate of drug-likeness (QED) is 0.872. The van der Waals surface area contributed by atoms with Crippen LogP contribution in [0.15, 0.2) is 22.9 Å². The molecule has 76 valence electrons. The molecule has 0 radical (unpaired) electrons. The van der Waals surface area contributed by atoms with E-state index in [2.05, 4.69) is 26.2 Å². The van der Waals surface area contributed by atoms with Crippen LogP contribution in [-0.4, -0.2) is 22.2 Å². The summed E-state index contributed by atoms with van der Waals surface area (Å²) < 4.78 is 0.954. The van der Waals surface area contributed by atoms with Crippen molar-refractivity contribution in [2.45, 2.75) is 24.8 Å². The van der Waals surface area contributed by atoms with Gasteiger partial charge in [0.25, 0.3) is 0 Å². The molecule has 0 saturated heterocycles. The van der Waals surface area contributed by atoms with E-state index in [9.17, 15) is 5.11 Å². The Bertz CT molecular complexity index is 320. The van der Waals surface area contributed by atoms with Crippen molar-refractivity contribution in [1.29, 1.82) is 0 Å². The second kappa shape index (κ2) is 3.87. The van der Waals surface area contributed by atoms with Crippen LogP contribution in [-0.2, 0) is 0 Å². The van der Waals surface area contributed by atoms with Crippen molar-refractivity contribution >= 4 is 21.6 Å². The summed E-state index contributed by atoms with van der Waals surface area (Å²) in [6.07, 6.45) is 6.79. The fourth-order valence-corrected chi connectivity index (χ4v) is 2.08. The van der Waals surface area contributed by atoms with E-state index in [0.29, 0.717) is 0 Å². The van der Waals surface area contributed by atoms with Gasteiger partial charge in [0.15, 0.2) is 0 Å². The molecule has 2 N–H and O–H groups in total. The number of hydrogen-bond acceptors (Lipinski definition) is 3. The Morgan fingerprint density at radius 1 is 1.50 bits per heavy atom. The number of nitrogens with one attached hydrogen (secondary N) is 1. The fraction of sp³-hybridized carbons (Fsp3) is 0.500. The van der Waals surface area contributed by atoms with Crippen LogP contribution in [0.3, 0.4) is 0 Å². The van der Waals surface area contributed by atoms with Crippen molar-refractivity contribution in [3.8, 4) is 0 Å². The molecular formula is C10H13BrN2O. The van der Waals surface area contributed by atoms with E-state index in [0.717, 1.165) is 23.0 Å². The standard InChI is InChI=1S/C10H13BrN2O/c11-8-4-9(6-12-5-8)13-10(7-14)2-1-3-10/h4-6,13-14H,1-3,7H2. The molecule has 1 aliphatic carbocycles. The summed E-state index contributed by atoms with van der Waals surface area (Å²) in [4.78, 5) is 4.07. The molecule has 0 aliphatic heterocycles. The van der Waals surface area contributed by atoms with Gasteiger partial charge in [-0.2, -0.15) is 0 Å². The maximum atomic E-state index is 9.27. The van der Waals surface area contributed by atoms with Gasteiger partial charge >= 0.3 is 0 Å². The van der Waals surface area contributed by atoms with Crippen molar-refractivity contribution < 1.29 is 5.11 Å². The van der Waals surface area contributed by atoms with Crippen LogP contribution < -0.4 is 5.32 Å². The molecule has 14 heavy (non-hydrogen) atoms. The van der Waals surface area contributed by atoms with E-state index in [1.54, 1.807) is 12.4 Å². The summed E-state index contributed by atoms with van der Waals surface area (Å²) in [5, 5.41) is 12.6. The van der Waals surface area contributed by atoms with Crippen LogP contribution >= 0.6 is 15.9 Å². The minimum absolute atomic E-state index is 0.0948. The lowest BCUT2D eigenvalue weighted by Gasteiger charge is -2.41. The van der Waals surface area contributed by atoms with E-state index in [4.69, 9.17) is 0 Å². The van der Waals surface area contributed by atoms with Crippen molar-refractivity contribution in [2.75, 3.05) is 11.9 Å². The average Bonchev–Trinajstić information content (AvgIpc) is 2.11. The minimum Gasteiger partial charge on any atom is -0.394 e. The van der Waals surface area contributed by atoms with E-state index < -0.39 is 0 Å². The molecule has 0 bridgehead atoms. The first kappa shape index (κ1) is 9.93. The number of nitrogens with zero attached hydrogens (tertiary/aromatic N) is 1. The van der Waals surface area contributed by atoms with Gasteiger partial charge in [-0.25, -0.2) is 0 Å². The summed E-state index contributed by atoms with van der Waals surface area (Å²) in [5.41, 5.74) is 0.871. The largest absolute Gasteiger partial charge is 0.394 e. The van der Waals surface area contributed by atoms with Crippen LogP contribution in [0.2, 0.25) is 0 Å². The fourth-order valence-electron chi connectivity index (χ4n) is 1.71. The van der Waals surface area contributed by atoms with Crippen molar-refractivity contribution in [2.24, 2.45) is 0 Å². The molecule has 0 spiro atoms. The Labute approximate surface area is 91.7 Å². The van der Waals surface area contributed by atoms with Crippen molar-refractivity contribution in [3.05, 3.63) is 22.9 Å². The molecule has 0 aromatic carbocycles. The average molecular weight is 257 g/mol. The van der Waals surface area contributed by atoms with Gasteiger partial charge in [-0.15, -0.1) is 0 Å². The third kappa shape index (κ3) is 1.91. The lowest BCUT2D eigenvalue weighted by molar-refractivity contribution is 0.144. The topological polar surface area (TPSA) is 45.1 Å². The number of rotatable bonds is 3. The molecule has 1 saturated carbocycles. The van der Waals surface area contributed by atoms with E-state index in [1.165, 1.54) is 6.42 Å². The Hall–Kier alpha value is -0.610. The Morgan fingerprint density at radius 3 is 2.79 bits per heavy atom. The molecule has 1 aromatic heterocycles. The third-order valence-electron chi connectivity index (χ3n) is 2.73. The van der Waals surface area contributed by atoms with Gasteiger partial charge < -0.3 is 10.4 Å². The number of aliphatic hydroxyl groups is 1. The molecule has 0 amide bonds. The summed E-state index contributed by atoms with van der Waals surface area (Å²) in [5.74, 6) is 0. The molecular weight excluding hydrogens is 244 g/mol. The molecule has 4 heteroatoms. The highest BCUT2D eigenvalue weighted by atomic mass is 79.9. The monoisotopic (exact) mass is 256 g/mol. The summed E-state index contributed by atoms with van der Waals surface area (Å²) >= 11 is 3.37. The highest BCUT2D eigenvalue weighted by Gasteiger charge is 2.36. The first-order chi connectivity index (χ1) is 6.74. The predicted molar refractivity (Wildman–Crippen MR) is 59.2 cm³/mol. The second-order valence-electron chi connectivity index (χ2n) is 3.81. The lowest BCUT2D eigenvalue weighted by Crippen LogP contribution is -2.48. The molecule has 0 atom stereocenters. The highest BCUT2D eigenvalue weighted by molar-refractivity contribution is 9.10.